The molecule has 0 aliphatic carbocycles. The maximum atomic E-state index is 6.37. The summed E-state index contributed by atoms with van der Waals surface area (Å²) in [6.07, 6.45) is 0. The summed E-state index contributed by atoms with van der Waals surface area (Å²) in [7, 11) is 0. The van der Waals surface area contributed by atoms with Crippen LogP contribution in [0.5, 0.6) is 11.5 Å². The summed E-state index contributed by atoms with van der Waals surface area (Å²) in [4.78, 5) is 9.46. The summed E-state index contributed by atoms with van der Waals surface area (Å²) < 4.78 is 11.3. The number of hydrogen-bond donors (Lipinski definition) is 1. The molecular weight excluding hydrogens is 409 g/mol. The molecule has 5 rings (SSSR count). The molecule has 2 heterocycles. The van der Waals surface area contributed by atoms with Gasteiger partial charge in [0.1, 0.15) is 19.0 Å². The summed E-state index contributed by atoms with van der Waals surface area (Å²) in [5.41, 5.74) is 2.49. The number of fused-ring (bicyclic) bond motifs is 2. The lowest BCUT2D eigenvalue weighted by Crippen LogP contribution is -2.15. The van der Waals surface area contributed by atoms with E-state index in [-0.39, 0.29) is 12.4 Å². The Balaban J connectivity index is 0.00000205. The van der Waals surface area contributed by atoms with E-state index in [4.69, 9.17) is 31.0 Å². The number of nitrogens with one attached hydrogen (secondary N) is 1. The van der Waals surface area contributed by atoms with Crippen molar-refractivity contribution in [3.05, 3.63) is 71.8 Å². The van der Waals surface area contributed by atoms with Crippen LogP contribution in [0, 0.1) is 0 Å². The van der Waals surface area contributed by atoms with Crippen LogP contribution in [0.4, 0.5) is 11.5 Å². The first-order valence-corrected chi connectivity index (χ1v) is 9.34. The molecule has 0 fully saturated rings. The quantitative estimate of drug-likeness (QED) is 0.443. The molecule has 0 saturated heterocycles. The zero-order chi connectivity index (χ0) is 18.9. The van der Waals surface area contributed by atoms with Gasteiger partial charge in [-0.25, -0.2) is 9.97 Å². The molecule has 0 spiro atoms. The van der Waals surface area contributed by atoms with E-state index in [1.54, 1.807) is 0 Å². The Hall–Kier alpha value is -3.02. The lowest BCUT2D eigenvalue weighted by atomic mass is 10.1. The fourth-order valence-corrected chi connectivity index (χ4v) is 3.41. The van der Waals surface area contributed by atoms with E-state index in [1.165, 1.54) is 0 Å². The highest BCUT2D eigenvalue weighted by Crippen LogP contribution is 2.35. The van der Waals surface area contributed by atoms with Crippen molar-refractivity contribution in [3.63, 3.8) is 0 Å². The molecule has 0 radical (unpaired) electrons. The fourth-order valence-electron chi connectivity index (χ4n) is 3.19. The van der Waals surface area contributed by atoms with E-state index in [1.807, 2.05) is 66.7 Å². The highest BCUT2D eigenvalue weighted by Gasteiger charge is 2.14. The molecule has 146 valence electrons. The van der Waals surface area contributed by atoms with Gasteiger partial charge in [-0.2, -0.15) is 0 Å². The number of para-hydroxylation sites is 1. The van der Waals surface area contributed by atoms with Crippen molar-refractivity contribution in [2.24, 2.45) is 0 Å². The average molecular weight is 426 g/mol. The molecule has 0 amide bonds. The fraction of sp³-hybridized carbons (Fsp3) is 0.0909. The first-order valence-electron chi connectivity index (χ1n) is 8.96. The van der Waals surface area contributed by atoms with Gasteiger partial charge >= 0.3 is 0 Å². The predicted molar refractivity (Wildman–Crippen MR) is 118 cm³/mol. The summed E-state index contributed by atoms with van der Waals surface area (Å²) in [5.74, 6) is 2.75. The number of ether oxygens (including phenoxy) is 2. The van der Waals surface area contributed by atoms with E-state index in [0.717, 1.165) is 33.7 Å². The molecule has 0 atom stereocenters. The maximum Gasteiger partial charge on any atom is 0.163 e. The van der Waals surface area contributed by atoms with Gasteiger partial charge in [-0.1, -0.05) is 35.9 Å². The molecule has 1 aliphatic heterocycles. The number of anilines is 2. The van der Waals surface area contributed by atoms with Gasteiger partial charge in [-0.05, 0) is 36.4 Å². The van der Waals surface area contributed by atoms with Crippen LogP contribution in [-0.2, 0) is 0 Å². The first kappa shape index (κ1) is 19.3. The van der Waals surface area contributed by atoms with E-state index in [0.29, 0.717) is 29.9 Å². The van der Waals surface area contributed by atoms with Gasteiger partial charge in [0.2, 0.25) is 0 Å². The number of aromatic nitrogens is 2. The second-order valence-corrected chi connectivity index (χ2v) is 6.78. The van der Waals surface area contributed by atoms with Crippen LogP contribution in [-0.4, -0.2) is 23.2 Å². The van der Waals surface area contributed by atoms with Crippen LogP contribution in [0.25, 0.3) is 22.3 Å². The number of halogens is 2. The summed E-state index contributed by atoms with van der Waals surface area (Å²) in [6, 6.07) is 21.2. The number of benzene rings is 3. The first-order chi connectivity index (χ1) is 13.8. The van der Waals surface area contributed by atoms with Crippen molar-refractivity contribution in [2.75, 3.05) is 18.5 Å². The average Bonchev–Trinajstić information content (AvgIpc) is 2.74. The van der Waals surface area contributed by atoms with Crippen molar-refractivity contribution in [2.45, 2.75) is 0 Å². The van der Waals surface area contributed by atoms with E-state index >= 15 is 0 Å². The smallest absolute Gasteiger partial charge is 0.163 e. The third kappa shape index (κ3) is 3.79. The molecule has 1 aromatic heterocycles. The van der Waals surface area contributed by atoms with Crippen molar-refractivity contribution in [1.29, 1.82) is 0 Å². The molecule has 1 aliphatic rings. The Morgan fingerprint density at radius 2 is 1.59 bits per heavy atom. The van der Waals surface area contributed by atoms with Crippen molar-refractivity contribution >= 4 is 46.4 Å². The molecule has 1 N–H and O–H groups in total. The second kappa shape index (κ2) is 8.15. The van der Waals surface area contributed by atoms with Gasteiger partial charge in [0.05, 0.1) is 10.5 Å². The lowest BCUT2D eigenvalue weighted by molar-refractivity contribution is 0.171. The van der Waals surface area contributed by atoms with Gasteiger partial charge in [0, 0.05) is 22.7 Å². The van der Waals surface area contributed by atoms with E-state index < -0.39 is 0 Å². The van der Waals surface area contributed by atoms with E-state index in [2.05, 4.69) is 5.32 Å². The van der Waals surface area contributed by atoms with Gasteiger partial charge in [0.25, 0.3) is 0 Å². The van der Waals surface area contributed by atoms with Gasteiger partial charge < -0.3 is 14.8 Å². The number of rotatable bonds is 3. The topological polar surface area (TPSA) is 56.3 Å². The maximum absolute atomic E-state index is 6.37. The minimum absolute atomic E-state index is 0. The summed E-state index contributed by atoms with van der Waals surface area (Å²) in [6.45, 7) is 1.11. The van der Waals surface area contributed by atoms with Crippen LogP contribution in [0.15, 0.2) is 66.7 Å². The molecule has 7 heteroatoms. The minimum atomic E-state index is 0. The van der Waals surface area contributed by atoms with E-state index in [9.17, 15) is 0 Å². The minimum Gasteiger partial charge on any atom is -0.486 e. The molecule has 5 nitrogen and oxygen atoms in total. The molecule has 0 unspecified atom stereocenters. The van der Waals surface area contributed by atoms with Crippen molar-refractivity contribution in [3.8, 4) is 22.9 Å². The largest absolute Gasteiger partial charge is 0.486 e. The molecule has 3 aromatic carbocycles. The second-order valence-electron chi connectivity index (χ2n) is 6.38. The Morgan fingerprint density at radius 3 is 2.45 bits per heavy atom. The molecular formula is C22H17Cl2N3O2. The third-order valence-corrected chi connectivity index (χ3v) is 4.85. The standard InChI is InChI=1S/C22H16ClN3O2.ClH/c23-17-7-3-1-5-15(17)21-25-18-8-4-2-6-16(18)22(26-21)24-14-9-10-19-20(13-14)28-12-11-27-19;/h1-10,13H,11-12H2,(H,24,25,26);1H. The Bertz CT molecular complexity index is 1180. The molecule has 0 saturated carbocycles. The van der Waals surface area contributed by atoms with Gasteiger partial charge in [0.15, 0.2) is 17.3 Å². The highest BCUT2D eigenvalue weighted by molar-refractivity contribution is 6.33. The normalized spacial score (nSPS) is 12.3. The molecule has 4 aromatic rings. The Morgan fingerprint density at radius 1 is 0.828 bits per heavy atom. The summed E-state index contributed by atoms with van der Waals surface area (Å²) in [5, 5.41) is 4.94. The Labute approximate surface area is 179 Å². The van der Waals surface area contributed by atoms with Crippen molar-refractivity contribution < 1.29 is 9.47 Å². The third-order valence-electron chi connectivity index (χ3n) is 4.52. The zero-order valence-electron chi connectivity index (χ0n) is 15.3. The molecule has 0 bridgehead atoms. The predicted octanol–water partition coefficient (Wildman–Crippen LogP) is 5.89. The number of nitrogens with zero attached hydrogens (tertiary/aromatic N) is 2. The van der Waals surface area contributed by atoms with Crippen LogP contribution in [0.2, 0.25) is 5.02 Å². The monoisotopic (exact) mass is 425 g/mol. The number of hydrogen-bond acceptors (Lipinski definition) is 5. The van der Waals surface area contributed by atoms with Crippen LogP contribution >= 0.6 is 24.0 Å². The van der Waals surface area contributed by atoms with Crippen LogP contribution in [0.3, 0.4) is 0 Å². The van der Waals surface area contributed by atoms with Gasteiger partial charge in [-0.15, -0.1) is 12.4 Å². The SMILES string of the molecule is Cl.Clc1ccccc1-c1nc(Nc2ccc3c(c2)OCCO3)c2ccccc2n1. The Kier molecular flexibility index (Phi) is 5.43. The van der Waals surface area contributed by atoms with Gasteiger partial charge in [-0.3, -0.25) is 0 Å². The van der Waals surface area contributed by atoms with Crippen LogP contribution in [0.1, 0.15) is 0 Å². The zero-order valence-corrected chi connectivity index (χ0v) is 16.8. The summed E-state index contributed by atoms with van der Waals surface area (Å²) >= 11 is 6.37. The highest BCUT2D eigenvalue weighted by atomic mass is 35.5. The van der Waals surface area contributed by atoms with Crippen molar-refractivity contribution in [1.82, 2.24) is 9.97 Å². The van der Waals surface area contributed by atoms with Crippen LogP contribution < -0.4 is 14.8 Å². The molecule has 29 heavy (non-hydrogen) atoms. The lowest BCUT2D eigenvalue weighted by Gasteiger charge is -2.19.